The molecule has 58 valence electrons. The van der Waals surface area contributed by atoms with Gasteiger partial charge in [-0.25, -0.2) is 5.53 Å². The number of nitriles is 1. The molecule has 0 aromatic carbocycles. The van der Waals surface area contributed by atoms with Crippen molar-refractivity contribution in [3.63, 3.8) is 0 Å². The van der Waals surface area contributed by atoms with Gasteiger partial charge in [-0.3, -0.25) is 9.59 Å². The van der Waals surface area contributed by atoms with Crippen LogP contribution in [0.5, 0.6) is 0 Å². The monoisotopic (exact) mass is 162 g/mol. The molecule has 0 aliphatic heterocycles. The second kappa shape index (κ2) is 2.84. The Labute approximate surface area is 66.7 Å². The van der Waals surface area contributed by atoms with E-state index in [2.05, 4.69) is 10.1 Å². The number of allylic oxidation sites excluding steroid dienone is 1. The Balaban J connectivity index is 3.00. The van der Waals surface area contributed by atoms with E-state index in [0.717, 1.165) is 6.20 Å². The highest BCUT2D eigenvalue weighted by atomic mass is 16.2. The van der Waals surface area contributed by atoms with E-state index in [0.29, 0.717) is 0 Å². The fourth-order valence-corrected chi connectivity index (χ4v) is 0.732. The lowest BCUT2D eigenvalue weighted by molar-refractivity contribution is -0.120. The average molecular weight is 162 g/mol. The lowest BCUT2D eigenvalue weighted by Gasteiger charge is -2.12. The second-order valence-corrected chi connectivity index (χ2v) is 1.89. The van der Waals surface area contributed by atoms with Crippen LogP contribution < -0.4 is 0 Å². The number of hydrogen-bond acceptors (Lipinski definition) is 6. The van der Waals surface area contributed by atoms with Crippen LogP contribution in [0.3, 0.4) is 0 Å². The van der Waals surface area contributed by atoms with Crippen molar-refractivity contribution in [2.45, 2.75) is 0 Å². The Morgan fingerprint density at radius 2 is 2.00 bits per heavy atom. The van der Waals surface area contributed by atoms with Crippen molar-refractivity contribution < 1.29 is 9.59 Å². The van der Waals surface area contributed by atoms with Crippen LogP contribution >= 0.6 is 0 Å². The van der Waals surface area contributed by atoms with E-state index in [-0.39, 0.29) is 11.3 Å². The zero-order chi connectivity index (χ0) is 9.14. The van der Waals surface area contributed by atoms with Crippen molar-refractivity contribution in [1.29, 1.82) is 10.8 Å². The minimum atomic E-state index is -0.627. The number of hydrogen-bond donors (Lipinski definition) is 1. The Bertz CT molecular complexity index is 351. The summed E-state index contributed by atoms with van der Waals surface area (Å²) < 4.78 is 0. The van der Waals surface area contributed by atoms with Crippen LogP contribution in [0.2, 0.25) is 0 Å². The van der Waals surface area contributed by atoms with Gasteiger partial charge >= 0.3 is 0 Å². The average Bonchev–Trinajstić information content (AvgIpc) is 2.10. The summed E-state index contributed by atoms with van der Waals surface area (Å²) >= 11 is 0. The molecule has 0 heterocycles. The van der Waals surface area contributed by atoms with Crippen LogP contribution in [0.4, 0.5) is 0 Å². The SMILES string of the molecule is N#CN=C1C(=O)C(=CN=N)C1=O. The van der Waals surface area contributed by atoms with Crippen molar-refractivity contribution >= 4 is 17.3 Å². The standard InChI is InChI=1S/C6H2N4O2/c7-2-9-4-5(11)3(1-10-8)6(4)12/h1,8H. The van der Waals surface area contributed by atoms with Crippen molar-refractivity contribution in [3.05, 3.63) is 11.8 Å². The van der Waals surface area contributed by atoms with Gasteiger partial charge in [0.1, 0.15) is 0 Å². The fraction of sp³-hybridized carbons (Fsp3) is 0. The molecule has 0 spiro atoms. The van der Waals surface area contributed by atoms with E-state index in [1.54, 1.807) is 0 Å². The lowest BCUT2D eigenvalue weighted by Crippen LogP contribution is -2.41. The number of nitrogens with one attached hydrogen (secondary N) is 1. The molecular weight excluding hydrogens is 160 g/mol. The summed E-state index contributed by atoms with van der Waals surface area (Å²) in [7, 11) is 0. The van der Waals surface area contributed by atoms with Gasteiger partial charge < -0.3 is 0 Å². The highest BCUT2D eigenvalue weighted by Gasteiger charge is 2.40. The van der Waals surface area contributed by atoms with E-state index in [9.17, 15) is 9.59 Å². The maximum Gasteiger partial charge on any atom is 0.221 e. The summed E-state index contributed by atoms with van der Waals surface area (Å²) in [5.74, 6) is -1.25. The molecule has 0 amide bonds. The highest BCUT2D eigenvalue weighted by molar-refractivity contribution is 6.86. The molecule has 1 rings (SSSR count). The van der Waals surface area contributed by atoms with Crippen LogP contribution in [0.25, 0.3) is 0 Å². The first-order valence-electron chi connectivity index (χ1n) is 2.85. The third-order valence-electron chi connectivity index (χ3n) is 1.27. The van der Waals surface area contributed by atoms with E-state index >= 15 is 0 Å². The van der Waals surface area contributed by atoms with Crippen LogP contribution in [0, 0.1) is 17.0 Å². The molecule has 1 aliphatic carbocycles. The Morgan fingerprint density at radius 3 is 2.42 bits per heavy atom. The van der Waals surface area contributed by atoms with Gasteiger partial charge in [0, 0.05) is 0 Å². The predicted octanol–water partition coefficient (Wildman–Crippen LogP) is -0.0249. The van der Waals surface area contributed by atoms with Crippen LogP contribution in [-0.2, 0) is 9.59 Å². The first-order valence-corrected chi connectivity index (χ1v) is 2.85. The van der Waals surface area contributed by atoms with Gasteiger partial charge in [0.15, 0.2) is 5.71 Å². The number of aliphatic imine (C=N–C) groups is 1. The second-order valence-electron chi connectivity index (χ2n) is 1.89. The molecule has 1 N–H and O–H groups in total. The minimum Gasteiger partial charge on any atom is -0.286 e. The molecule has 1 fully saturated rings. The van der Waals surface area contributed by atoms with Gasteiger partial charge in [-0.15, -0.1) is 0 Å². The smallest absolute Gasteiger partial charge is 0.221 e. The molecule has 0 aromatic heterocycles. The zero-order valence-electron chi connectivity index (χ0n) is 5.74. The number of nitrogens with zero attached hydrogens (tertiary/aromatic N) is 3. The summed E-state index contributed by atoms with van der Waals surface area (Å²) in [6.07, 6.45) is 2.17. The number of carbonyl (C=O) groups excluding carboxylic acids is 2. The highest BCUT2D eigenvalue weighted by Crippen LogP contribution is 2.14. The molecule has 0 radical (unpaired) electrons. The van der Waals surface area contributed by atoms with Crippen molar-refractivity contribution in [1.82, 2.24) is 0 Å². The molecule has 1 saturated carbocycles. The van der Waals surface area contributed by atoms with Gasteiger partial charge in [-0.05, 0) is 0 Å². The van der Waals surface area contributed by atoms with Crippen LogP contribution in [-0.4, -0.2) is 17.3 Å². The first kappa shape index (κ1) is 7.94. The molecule has 0 atom stereocenters. The third kappa shape index (κ3) is 0.932. The van der Waals surface area contributed by atoms with E-state index in [1.165, 1.54) is 6.19 Å². The number of Topliss-reactive ketones (excluding diaryl/α,β-unsaturated/α-hetero) is 2. The largest absolute Gasteiger partial charge is 0.286 e. The molecule has 12 heavy (non-hydrogen) atoms. The molecule has 1 aliphatic rings. The predicted molar refractivity (Wildman–Crippen MR) is 36.3 cm³/mol. The number of rotatable bonds is 1. The van der Waals surface area contributed by atoms with E-state index < -0.39 is 11.6 Å². The molecular formula is C6H2N4O2. The molecule has 6 heteroatoms. The summed E-state index contributed by atoms with van der Waals surface area (Å²) in [5.41, 5.74) is 5.78. The van der Waals surface area contributed by atoms with Crippen molar-refractivity contribution in [2.24, 2.45) is 10.1 Å². The van der Waals surface area contributed by atoms with Gasteiger partial charge in [-0.2, -0.15) is 15.4 Å². The van der Waals surface area contributed by atoms with Crippen LogP contribution in [0.15, 0.2) is 21.9 Å². The number of carbonyl (C=O) groups is 2. The van der Waals surface area contributed by atoms with E-state index in [1.807, 2.05) is 0 Å². The van der Waals surface area contributed by atoms with E-state index in [4.69, 9.17) is 10.8 Å². The van der Waals surface area contributed by atoms with Crippen molar-refractivity contribution in [2.75, 3.05) is 0 Å². The number of ketones is 2. The molecule has 0 unspecified atom stereocenters. The maximum absolute atomic E-state index is 10.8. The summed E-state index contributed by atoms with van der Waals surface area (Å²) in [6, 6.07) is 0. The Kier molecular flexibility index (Phi) is 1.88. The molecule has 6 nitrogen and oxygen atoms in total. The van der Waals surface area contributed by atoms with Gasteiger partial charge in [0.2, 0.25) is 17.8 Å². The fourth-order valence-electron chi connectivity index (χ4n) is 0.732. The van der Waals surface area contributed by atoms with Gasteiger partial charge in [-0.1, -0.05) is 0 Å². The Morgan fingerprint density at radius 1 is 1.42 bits per heavy atom. The third-order valence-corrected chi connectivity index (χ3v) is 1.27. The first-order chi connectivity index (χ1) is 5.72. The topological polar surface area (TPSA) is 106 Å². The summed E-state index contributed by atoms with van der Waals surface area (Å²) in [6.45, 7) is 0. The summed E-state index contributed by atoms with van der Waals surface area (Å²) in [5, 5.41) is 10.8. The molecule has 0 aromatic rings. The summed E-state index contributed by atoms with van der Waals surface area (Å²) in [4.78, 5) is 24.7. The van der Waals surface area contributed by atoms with Gasteiger partial charge in [0.05, 0.1) is 11.8 Å². The van der Waals surface area contributed by atoms with Crippen LogP contribution in [0.1, 0.15) is 0 Å². The maximum atomic E-state index is 10.8. The normalized spacial score (nSPS) is 14.9. The molecule has 0 bridgehead atoms. The minimum absolute atomic E-state index is 0.195. The Hall–Kier alpha value is -2.16. The zero-order valence-corrected chi connectivity index (χ0v) is 5.74. The van der Waals surface area contributed by atoms with Crippen molar-refractivity contribution in [3.8, 4) is 6.19 Å². The lowest BCUT2D eigenvalue weighted by atomic mass is 9.87. The quantitative estimate of drug-likeness (QED) is 0.253. The molecule has 0 saturated heterocycles. The van der Waals surface area contributed by atoms with Gasteiger partial charge in [0.25, 0.3) is 0 Å².